The Morgan fingerprint density at radius 2 is 2.20 bits per heavy atom. The molecule has 1 aromatic rings. The molecule has 1 aromatic heterocycles. The van der Waals surface area contributed by atoms with E-state index in [-0.39, 0.29) is 0 Å². The average Bonchev–Trinajstić information content (AvgIpc) is 2.26. The lowest BCUT2D eigenvalue weighted by Crippen LogP contribution is -2.10. The molecular weight excluding hydrogens is 192 g/mol. The summed E-state index contributed by atoms with van der Waals surface area (Å²) in [7, 11) is 1.89. The molecule has 0 fully saturated rings. The minimum atomic E-state index is 0.545. The van der Waals surface area contributed by atoms with Crippen LogP contribution in [0.25, 0.3) is 0 Å². The zero-order chi connectivity index (χ0) is 10.9. The van der Waals surface area contributed by atoms with Gasteiger partial charge in [0, 0.05) is 19.2 Å². The van der Waals surface area contributed by atoms with E-state index >= 15 is 0 Å². The molecule has 0 aliphatic heterocycles. The fourth-order valence-corrected chi connectivity index (χ4v) is 1.17. The first-order chi connectivity index (χ1) is 7.36. The van der Waals surface area contributed by atoms with Crippen LogP contribution in [0.3, 0.4) is 0 Å². The average molecular weight is 210 g/mol. The number of hydrogen-bond acceptors (Lipinski definition) is 4. The van der Waals surface area contributed by atoms with Gasteiger partial charge in [0.05, 0.1) is 12.3 Å². The van der Waals surface area contributed by atoms with Crippen LogP contribution >= 0.6 is 0 Å². The third-order valence-electron chi connectivity index (χ3n) is 1.82. The Balaban J connectivity index is 2.36. The number of aromatic nitrogens is 1. The van der Waals surface area contributed by atoms with Gasteiger partial charge in [0.25, 0.3) is 0 Å². The second-order valence-electron chi connectivity index (χ2n) is 3.04. The Morgan fingerprint density at radius 1 is 1.33 bits per heavy atom. The first kappa shape index (κ1) is 11.9. The summed E-state index contributed by atoms with van der Waals surface area (Å²) in [5, 5.41) is 3.04. The van der Waals surface area contributed by atoms with Crippen LogP contribution < -0.4 is 10.1 Å². The van der Waals surface area contributed by atoms with Crippen LogP contribution in [0.4, 0.5) is 0 Å². The van der Waals surface area contributed by atoms with Gasteiger partial charge in [-0.15, -0.1) is 0 Å². The Bertz CT molecular complexity index is 279. The van der Waals surface area contributed by atoms with E-state index in [9.17, 15) is 0 Å². The molecule has 0 bridgehead atoms. The predicted octanol–water partition coefficient (Wildman–Crippen LogP) is 1.22. The van der Waals surface area contributed by atoms with Gasteiger partial charge in [-0.1, -0.05) is 6.07 Å². The molecule has 0 radical (unpaired) electrons. The lowest BCUT2D eigenvalue weighted by atomic mass is 10.3. The van der Waals surface area contributed by atoms with Crippen molar-refractivity contribution in [3.63, 3.8) is 0 Å². The number of hydrogen-bond donors (Lipinski definition) is 1. The summed E-state index contributed by atoms with van der Waals surface area (Å²) in [5.74, 6) is 0.655. The molecule has 0 atom stereocenters. The SMILES string of the molecule is CCOCCOc1cccc(CNC)n1. The van der Waals surface area contributed by atoms with E-state index in [1.165, 1.54) is 0 Å². The minimum absolute atomic E-state index is 0.545. The van der Waals surface area contributed by atoms with Crippen molar-refractivity contribution in [1.29, 1.82) is 0 Å². The van der Waals surface area contributed by atoms with Crippen LogP contribution in [0.2, 0.25) is 0 Å². The van der Waals surface area contributed by atoms with Gasteiger partial charge < -0.3 is 14.8 Å². The molecule has 4 heteroatoms. The highest BCUT2D eigenvalue weighted by molar-refractivity contribution is 5.15. The molecule has 0 saturated heterocycles. The van der Waals surface area contributed by atoms with Crippen molar-refractivity contribution in [3.05, 3.63) is 23.9 Å². The number of rotatable bonds is 7. The summed E-state index contributed by atoms with van der Waals surface area (Å²) < 4.78 is 10.6. The quantitative estimate of drug-likeness (QED) is 0.687. The number of nitrogens with zero attached hydrogens (tertiary/aromatic N) is 1. The number of ether oxygens (including phenoxy) is 2. The Hall–Kier alpha value is -1.13. The van der Waals surface area contributed by atoms with Crippen molar-refractivity contribution in [3.8, 4) is 5.88 Å². The summed E-state index contributed by atoms with van der Waals surface area (Å²) >= 11 is 0. The van der Waals surface area contributed by atoms with E-state index in [0.717, 1.165) is 18.8 Å². The maximum Gasteiger partial charge on any atom is 0.213 e. The highest BCUT2D eigenvalue weighted by atomic mass is 16.5. The smallest absolute Gasteiger partial charge is 0.213 e. The van der Waals surface area contributed by atoms with Gasteiger partial charge >= 0.3 is 0 Å². The molecule has 0 saturated carbocycles. The normalized spacial score (nSPS) is 10.3. The van der Waals surface area contributed by atoms with Crippen molar-refractivity contribution >= 4 is 0 Å². The monoisotopic (exact) mass is 210 g/mol. The van der Waals surface area contributed by atoms with Crippen LogP contribution in [0, 0.1) is 0 Å². The second-order valence-corrected chi connectivity index (χ2v) is 3.04. The van der Waals surface area contributed by atoms with Crippen LogP contribution in [0.15, 0.2) is 18.2 Å². The zero-order valence-electron chi connectivity index (χ0n) is 9.32. The molecule has 0 amide bonds. The minimum Gasteiger partial charge on any atom is -0.475 e. The van der Waals surface area contributed by atoms with E-state index in [4.69, 9.17) is 9.47 Å². The molecule has 1 heterocycles. The van der Waals surface area contributed by atoms with Crippen molar-refractivity contribution in [2.24, 2.45) is 0 Å². The lowest BCUT2D eigenvalue weighted by Gasteiger charge is -2.06. The van der Waals surface area contributed by atoms with Gasteiger partial charge in [-0.05, 0) is 20.0 Å². The first-order valence-electron chi connectivity index (χ1n) is 5.18. The molecule has 0 aromatic carbocycles. The highest BCUT2D eigenvalue weighted by Crippen LogP contribution is 2.07. The summed E-state index contributed by atoms with van der Waals surface area (Å²) in [4.78, 5) is 4.32. The van der Waals surface area contributed by atoms with E-state index in [0.29, 0.717) is 19.1 Å². The first-order valence-corrected chi connectivity index (χ1v) is 5.18. The molecule has 0 spiro atoms. The number of nitrogens with one attached hydrogen (secondary N) is 1. The third kappa shape index (κ3) is 4.76. The van der Waals surface area contributed by atoms with E-state index < -0.39 is 0 Å². The van der Waals surface area contributed by atoms with Crippen molar-refractivity contribution in [2.75, 3.05) is 26.9 Å². The van der Waals surface area contributed by atoms with Crippen molar-refractivity contribution in [1.82, 2.24) is 10.3 Å². The van der Waals surface area contributed by atoms with Gasteiger partial charge in [0.15, 0.2) is 0 Å². The molecule has 0 aliphatic carbocycles. The van der Waals surface area contributed by atoms with Gasteiger partial charge in [0.2, 0.25) is 5.88 Å². The van der Waals surface area contributed by atoms with Gasteiger partial charge in [0.1, 0.15) is 6.61 Å². The molecule has 1 N–H and O–H groups in total. The number of pyridine rings is 1. The third-order valence-corrected chi connectivity index (χ3v) is 1.82. The van der Waals surface area contributed by atoms with Crippen molar-refractivity contribution in [2.45, 2.75) is 13.5 Å². The standard InChI is InChI=1S/C11H18N2O2/c1-3-14-7-8-15-11-6-4-5-10(13-11)9-12-2/h4-6,12H,3,7-9H2,1-2H3. The van der Waals surface area contributed by atoms with Crippen LogP contribution in [0.1, 0.15) is 12.6 Å². The molecule has 15 heavy (non-hydrogen) atoms. The Kier molecular flexibility index (Phi) is 5.73. The van der Waals surface area contributed by atoms with Gasteiger partial charge in [-0.2, -0.15) is 0 Å². The fourth-order valence-electron chi connectivity index (χ4n) is 1.17. The van der Waals surface area contributed by atoms with Crippen molar-refractivity contribution < 1.29 is 9.47 Å². The molecule has 84 valence electrons. The van der Waals surface area contributed by atoms with E-state index in [1.807, 2.05) is 32.2 Å². The van der Waals surface area contributed by atoms with E-state index in [1.54, 1.807) is 0 Å². The second kappa shape index (κ2) is 7.20. The Morgan fingerprint density at radius 3 is 2.93 bits per heavy atom. The van der Waals surface area contributed by atoms with E-state index in [2.05, 4.69) is 10.3 Å². The fraction of sp³-hybridized carbons (Fsp3) is 0.545. The molecule has 4 nitrogen and oxygen atoms in total. The lowest BCUT2D eigenvalue weighted by molar-refractivity contribution is 0.108. The highest BCUT2D eigenvalue weighted by Gasteiger charge is 1.97. The summed E-state index contributed by atoms with van der Waals surface area (Å²) in [6.07, 6.45) is 0. The molecular formula is C11H18N2O2. The maximum atomic E-state index is 5.43. The summed E-state index contributed by atoms with van der Waals surface area (Å²) in [6, 6.07) is 5.76. The topological polar surface area (TPSA) is 43.4 Å². The zero-order valence-corrected chi connectivity index (χ0v) is 9.32. The predicted molar refractivity (Wildman–Crippen MR) is 59.0 cm³/mol. The maximum absolute atomic E-state index is 5.43. The van der Waals surface area contributed by atoms with Gasteiger partial charge in [-0.25, -0.2) is 4.98 Å². The van der Waals surface area contributed by atoms with Crippen LogP contribution in [0.5, 0.6) is 5.88 Å². The summed E-state index contributed by atoms with van der Waals surface area (Å²) in [6.45, 7) is 4.59. The van der Waals surface area contributed by atoms with Crippen LogP contribution in [-0.4, -0.2) is 31.9 Å². The summed E-state index contributed by atoms with van der Waals surface area (Å²) in [5.41, 5.74) is 0.978. The Labute approximate surface area is 90.6 Å². The van der Waals surface area contributed by atoms with Crippen LogP contribution in [-0.2, 0) is 11.3 Å². The molecule has 1 rings (SSSR count). The van der Waals surface area contributed by atoms with Gasteiger partial charge in [-0.3, -0.25) is 0 Å². The largest absolute Gasteiger partial charge is 0.475 e. The molecule has 0 aliphatic rings. The molecule has 0 unspecified atom stereocenters.